The van der Waals surface area contributed by atoms with Gasteiger partial charge in [0, 0.05) is 12.4 Å². The first-order valence-corrected chi connectivity index (χ1v) is 5.18. The highest BCUT2D eigenvalue weighted by Crippen LogP contribution is 2.00. The molecule has 2 rings (SSSR count). The molecule has 0 spiro atoms. The molecule has 0 bridgehead atoms. The Hall–Kier alpha value is -0.120. The molecule has 0 N–H and O–H groups in total. The Labute approximate surface area is 93.8 Å². The first-order valence-electron chi connectivity index (χ1n) is 3.03. The molecule has 0 saturated heterocycles. The van der Waals surface area contributed by atoms with Crippen LogP contribution < -0.4 is 11.1 Å². The van der Waals surface area contributed by atoms with Crippen molar-refractivity contribution in [2.75, 3.05) is 0 Å². The molecule has 12 heavy (non-hydrogen) atoms. The van der Waals surface area contributed by atoms with E-state index in [1.807, 2.05) is 45.2 Å². The molecule has 0 aliphatic heterocycles. The van der Waals surface area contributed by atoms with Gasteiger partial charge in [0.25, 0.3) is 11.1 Å². The van der Waals surface area contributed by atoms with E-state index in [0.717, 1.165) is 4.52 Å². The first-order chi connectivity index (χ1) is 5.61. The highest BCUT2D eigenvalue weighted by molar-refractivity contribution is 14.1. The van der Waals surface area contributed by atoms with Gasteiger partial charge in [0.05, 0.1) is 7.14 Å². The smallest absolute Gasteiger partial charge is 0.266 e. The maximum Gasteiger partial charge on any atom is 0.287 e. The van der Waals surface area contributed by atoms with Crippen LogP contribution >= 0.6 is 45.2 Å². The normalized spacial score (nSPS) is 11.2. The molecule has 0 radical (unpaired) electrons. The van der Waals surface area contributed by atoms with E-state index in [-0.39, 0.29) is 11.1 Å². The summed E-state index contributed by atoms with van der Waals surface area (Å²) in [6.45, 7) is 0. The predicted octanol–water partition coefficient (Wildman–Crippen LogP) is 0.406. The summed E-state index contributed by atoms with van der Waals surface area (Å²) in [6, 6.07) is 0. The van der Waals surface area contributed by atoms with Gasteiger partial charge in [0.15, 0.2) is 0 Å². The fourth-order valence-electron chi connectivity index (χ4n) is 1.000. The second-order valence-electron chi connectivity index (χ2n) is 2.26. The summed E-state index contributed by atoms with van der Waals surface area (Å²) in [5.74, 6) is 0. The van der Waals surface area contributed by atoms with Gasteiger partial charge in [-0.1, -0.05) is 0 Å². The van der Waals surface area contributed by atoms with E-state index >= 15 is 0 Å². The van der Waals surface area contributed by atoms with Crippen LogP contribution in [-0.2, 0) is 0 Å². The SMILES string of the molecule is O=c1c(I)cn2cc(I)c(=O)n12. The van der Waals surface area contributed by atoms with Crippen molar-refractivity contribution in [3.8, 4) is 0 Å². The molecular formula is C6H2I2N2O2. The van der Waals surface area contributed by atoms with Gasteiger partial charge in [-0.15, -0.1) is 0 Å². The highest BCUT2D eigenvalue weighted by Gasteiger charge is 2.10. The Bertz CT molecular complexity index is 496. The Balaban J connectivity index is 3.16. The monoisotopic (exact) mass is 388 g/mol. The summed E-state index contributed by atoms with van der Waals surface area (Å²) >= 11 is 3.81. The number of fused-ring (bicyclic) bond motifs is 1. The molecule has 4 nitrogen and oxygen atoms in total. The minimum Gasteiger partial charge on any atom is -0.266 e. The van der Waals surface area contributed by atoms with Crippen molar-refractivity contribution in [2.24, 2.45) is 0 Å². The Morgan fingerprint density at radius 2 is 1.42 bits per heavy atom. The zero-order chi connectivity index (χ0) is 8.88. The van der Waals surface area contributed by atoms with Crippen LogP contribution in [0, 0.1) is 7.14 Å². The molecular weight excluding hydrogens is 386 g/mol. The van der Waals surface area contributed by atoms with Crippen LogP contribution in [-0.4, -0.2) is 9.03 Å². The van der Waals surface area contributed by atoms with E-state index in [1.165, 1.54) is 4.52 Å². The van der Waals surface area contributed by atoms with Gasteiger partial charge in [-0.2, -0.15) is 4.52 Å². The summed E-state index contributed by atoms with van der Waals surface area (Å²) in [5.41, 5.74) is -0.493. The van der Waals surface area contributed by atoms with Gasteiger partial charge in [0.1, 0.15) is 0 Å². The third-order valence-corrected chi connectivity index (χ3v) is 3.00. The van der Waals surface area contributed by atoms with E-state index in [0.29, 0.717) is 7.14 Å². The number of hydrogen-bond donors (Lipinski definition) is 0. The maximum absolute atomic E-state index is 11.3. The van der Waals surface area contributed by atoms with Gasteiger partial charge in [0.2, 0.25) is 0 Å². The zero-order valence-corrected chi connectivity index (χ0v) is 9.94. The molecule has 6 heteroatoms. The lowest BCUT2D eigenvalue weighted by Gasteiger charge is -1.78. The van der Waals surface area contributed by atoms with E-state index in [9.17, 15) is 9.59 Å². The molecule has 0 unspecified atom stereocenters. The number of nitrogens with zero attached hydrogens (tertiary/aromatic N) is 2. The zero-order valence-electron chi connectivity index (χ0n) is 5.62. The van der Waals surface area contributed by atoms with E-state index in [4.69, 9.17) is 0 Å². The van der Waals surface area contributed by atoms with Crippen LogP contribution in [0.25, 0.3) is 0 Å². The summed E-state index contributed by atoms with van der Waals surface area (Å²) in [7, 11) is 0. The number of hydrogen-bond acceptors (Lipinski definition) is 2. The number of rotatable bonds is 0. The molecule has 2 heterocycles. The lowest BCUT2D eigenvalue weighted by atomic mass is 10.7. The van der Waals surface area contributed by atoms with E-state index in [1.54, 1.807) is 12.4 Å². The third-order valence-electron chi connectivity index (χ3n) is 1.52. The topological polar surface area (TPSA) is 43.0 Å². The molecule has 0 amide bonds. The fourth-order valence-corrected chi connectivity index (χ4v) is 2.03. The predicted molar refractivity (Wildman–Crippen MR) is 60.0 cm³/mol. The summed E-state index contributed by atoms with van der Waals surface area (Å²) in [6.07, 6.45) is 3.26. The summed E-state index contributed by atoms with van der Waals surface area (Å²) in [5, 5.41) is 0. The van der Waals surface area contributed by atoms with Crippen LogP contribution in [0.15, 0.2) is 22.0 Å². The first kappa shape index (κ1) is 8.48. The lowest BCUT2D eigenvalue weighted by molar-refractivity contribution is 0.805. The van der Waals surface area contributed by atoms with Crippen molar-refractivity contribution >= 4 is 45.2 Å². The molecule has 2 aromatic heterocycles. The number of halogens is 2. The standard InChI is InChI=1S/C6H2I2N2O2/c7-3-1-9-2-4(8)6(12)10(9)5(3)11/h1-2H. The third kappa shape index (κ3) is 1.00. The number of aromatic nitrogens is 2. The molecule has 0 atom stereocenters. The Morgan fingerprint density at radius 1 is 1.00 bits per heavy atom. The maximum atomic E-state index is 11.3. The molecule has 62 valence electrons. The van der Waals surface area contributed by atoms with Crippen molar-refractivity contribution in [3.63, 3.8) is 0 Å². The van der Waals surface area contributed by atoms with Gasteiger partial charge in [-0.25, -0.2) is 0 Å². The largest absolute Gasteiger partial charge is 0.287 e. The lowest BCUT2D eigenvalue weighted by Crippen LogP contribution is -2.23. The second-order valence-corrected chi connectivity index (χ2v) is 4.58. The van der Waals surface area contributed by atoms with Crippen molar-refractivity contribution in [3.05, 3.63) is 40.2 Å². The van der Waals surface area contributed by atoms with E-state index in [2.05, 4.69) is 0 Å². The Morgan fingerprint density at radius 3 is 1.75 bits per heavy atom. The van der Waals surface area contributed by atoms with Gasteiger partial charge < -0.3 is 0 Å². The van der Waals surface area contributed by atoms with Crippen LogP contribution in [0.1, 0.15) is 0 Å². The molecule has 2 aromatic rings. The molecule has 0 aliphatic rings. The van der Waals surface area contributed by atoms with Crippen LogP contribution in [0.4, 0.5) is 0 Å². The minimum atomic E-state index is -0.247. The van der Waals surface area contributed by atoms with Crippen molar-refractivity contribution < 1.29 is 0 Å². The average Bonchev–Trinajstić information content (AvgIpc) is 2.40. The van der Waals surface area contributed by atoms with Gasteiger partial charge >= 0.3 is 0 Å². The quantitative estimate of drug-likeness (QED) is 0.614. The average molecular weight is 388 g/mol. The minimum absolute atomic E-state index is 0.247. The molecule has 0 aliphatic carbocycles. The molecule has 0 aromatic carbocycles. The Kier molecular flexibility index (Phi) is 1.90. The van der Waals surface area contributed by atoms with Crippen LogP contribution in [0.5, 0.6) is 0 Å². The van der Waals surface area contributed by atoms with Gasteiger partial charge in [-0.3, -0.25) is 14.1 Å². The summed E-state index contributed by atoms with van der Waals surface area (Å²) < 4.78 is 3.74. The summed E-state index contributed by atoms with van der Waals surface area (Å²) in [4.78, 5) is 22.6. The second kappa shape index (κ2) is 2.69. The van der Waals surface area contributed by atoms with Crippen molar-refractivity contribution in [1.82, 2.24) is 9.03 Å². The van der Waals surface area contributed by atoms with Crippen LogP contribution in [0.2, 0.25) is 0 Å². The fraction of sp³-hybridized carbons (Fsp3) is 0. The molecule has 0 saturated carbocycles. The van der Waals surface area contributed by atoms with E-state index < -0.39 is 0 Å². The van der Waals surface area contributed by atoms with Gasteiger partial charge in [-0.05, 0) is 45.2 Å². The van der Waals surface area contributed by atoms with Crippen molar-refractivity contribution in [1.29, 1.82) is 0 Å². The van der Waals surface area contributed by atoms with Crippen LogP contribution in [0.3, 0.4) is 0 Å². The molecule has 0 fully saturated rings. The highest BCUT2D eigenvalue weighted by atomic mass is 127. The van der Waals surface area contributed by atoms with Crippen molar-refractivity contribution in [2.45, 2.75) is 0 Å².